The fourth-order valence-electron chi connectivity index (χ4n) is 2.66. The Kier molecular flexibility index (Phi) is 5.21. The first-order chi connectivity index (χ1) is 12.8. The molecule has 2 aromatic carbocycles. The topological polar surface area (TPSA) is 58.1 Å². The number of nitrogens with zero attached hydrogens (tertiary/aromatic N) is 3. The van der Waals surface area contributed by atoms with Crippen LogP contribution in [-0.2, 0) is 5.41 Å². The average molecular weight is 360 g/mol. The maximum Gasteiger partial charge on any atom is 0.276 e. The summed E-state index contributed by atoms with van der Waals surface area (Å²) in [6, 6.07) is 19.3. The van der Waals surface area contributed by atoms with E-state index in [9.17, 15) is 4.79 Å². The lowest BCUT2D eigenvalue weighted by molar-refractivity contribution is 0.0988. The van der Waals surface area contributed by atoms with E-state index in [1.54, 1.807) is 24.2 Å². The monoisotopic (exact) mass is 360 g/mol. The van der Waals surface area contributed by atoms with Crippen LogP contribution in [0.25, 0.3) is 0 Å². The van der Waals surface area contributed by atoms with Gasteiger partial charge in [-0.25, -0.2) is 9.97 Å². The number of aromatic nitrogens is 2. The number of carbonyl (C=O) groups excluding carboxylic acids is 1. The molecule has 0 bridgehead atoms. The molecule has 0 aliphatic carbocycles. The third-order valence-electron chi connectivity index (χ3n) is 4.33. The molecule has 1 N–H and O–H groups in total. The Morgan fingerprint density at radius 2 is 1.63 bits per heavy atom. The van der Waals surface area contributed by atoms with Gasteiger partial charge < -0.3 is 10.2 Å². The molecule has 27 heavy (non-hydrogen) atoms. The average Bonchev–Trinajstić information content (AvgIpc) is 2.67. The second-order valence-electron chi connectivity index (χ2n) is 7.42. The van der Waals surface area contributed by atoms with Crippen LogP contribution < -0.4 is 10.2 Å². The number of nitrogens with one attached hydrogen (secondary N) is 1. The van der Waals surface area contributed by atoms with Crippen molar-refractivity contribution in [1.82, 2.24) is 9.97 Å². The summed E-state index contributed by atoms with van der Waals surface area (Å²) >= 11 is 0. The van der Waals surface area contributed by atoms with Crippen LogP contribution in [0.4, 0.5) is 17.3 Å². The van der Waals surface area contributed by atoms with Gasteiger partial charge in [-0.3, -0.25) is 4.79 Å². The molecule has 0 spiro atoms. The number of amides is 1. The van der Waals surface area contributed by atoms with Crippen LogP contribution >= 0.6 is 0 Å². The Labute approximate surface area is 160 Å². The van der Waals surface area contributed by atoms with E-state index in [-0.39, 0.29) is 11.3 Å². The van der Waals surface area contributed by atoms with Crippen LogP contribution in [0, 0.1) is 0 Å². The molecule has 0 atom stereocenters. The Balaban J connectivity index is 1.76. The highest BCUT2D eigenvalue weighted by atomic mass is 16.2. The molecule has 0 radical (unpaired) electrons. The van der Waals surface area contributed by atoms with Gasteiger partial charge in [0.25, 0.3) is 5.91 Å². The minimum Gasteiger partial charge on any atom is -0.324 e. The molecule has 138 valence electrons. The van der Waals surface area contributed by atoms with E-state index >= 15 is 0 Å². The van der Waals surface area contributed by atoms with Crippen LogP contribution in [0.15, 0.2) is 66.9 Å². The van der Waals surface area contributed by atoms with Gasteiger partial charge in [-0.05, 0) is 41.3 Å². The second-order valence-corrected chi connectivity index (χ2v) is 7.42. The van der Waals surface area contributed by atoms with Crippen LogP contribution in [0.2, 0.25) is 0 Å². The molecular formula is C22H24N4O. The van der Waals surface area contributed by atoms with Gasteiger partial charge in [0, 0.05) is 24.6 Å². The molecular weight excluding hydrogens is 336 g/mol. The summed E-state index contributed by atoms with van der Waals surface area (Å²) in [4.78, 5) is 22.9. The molecule has 0 unspecified atom stereocenters. The van der Waals surface area contributed by atoms with E-state index in [1.165, 1.54) is 5.56 Å². The summed E-state index contributed by atoms with van der Waals surface area (Å²) in [5.74, 6) is 0.209. The Morgan fingerprint density at radius 3 is 2.26 bits per heavy atom. The van der Waals surface area contributed by atoms with E-state index in [4.69, 9.17) is 0 Å². The summed E-state index contributed by atoms with van der Waals surface area (Å²) < 4.78 is 0. The standard InChI is InChI=1S/C22H24N4O/c1-22(2,3)16-10-12-17(13-11-16)24-21-23-15-14-19(25-21)20(27)26(4)18-8-6-5-7-9-18/h5-15H,1-4H3,(H,23,24,25). The summed E-state index contributed by atoms with van der Waals surface area (Å²) in [7, 11) is 1.73. The fraction of sp³-hybridized carbons (Fsp3) is 0.227. The molecule has 3 rings (SSSR count). The van der Waals surface area contributed by atoms with Gasteiger partial charge in [-0.15, -0.1) is 0 Å². The van der Waals surface area contributed by atoms with Crippen molar-refractivity contribution in [3.63, 3.8) is 0 Å². The van der Waals surface area contributed by atoms with Crippen molar-refractivity contribution in [1.29, 1.82) is 0 Å². The number of para-hydroxylation sites is 1. The largest absolute Gasteiger partial charge is 0.324 e. The van der Waals surface area contributed by atoms with Gasteiger partial charge in [0.15, 0.2) is 0 Å². The predicted octanol–water partition coefficient (Wildman–Crippen LogP) is 4.79. The Hall–Kier alpha value is -3.21. The quantitative estimate of drug-likeness (QED) is 0.726. The first-order valence-corrected chi connectivity index (χ1v) is 8.88. The van der Waals surface area contributed by atoms with Crippen LogP contribution in [0.5, 0.6) is 0 Å². The van der Waals surface area contributed by atoms with Gasteiger partial charge in [-0.2, -0.15) is 0 Å². The molecule has 1 aromatic heterocycles. The highest BCUT2D eigenvalue weighted by Gasteiger charge is 2.16. The first-order valence-electron chi connectivity index (χ1n) is 8.88. The summed E-state index contributed by atoms with van der Waals surface area (Å²) in [5.41, 5.74) is 3.38. The van der Waals surface area contributed by atoms with Gasteiger partial charge in [0.1, 0.15) is 5.69 Å². The molecule has 0 saturated carbocycles. The number of hydrogen-bond acceptors (Lipinski definition) is 4. The van der Waals surface area contributed by atoms with Gasteiger partial charge in [-0.1, -0.05) is 51.1 Å². The minimum absolute atomic E-state index is 0.101. The predicted molar refractivity (Wildman–Crippen MR) is 110 cm³/mol. The maximum absolute atomic E-state index is 12.7. The minimum atomic E-state index is -0.185. The number of carbonyl (C=O) groups is 1. The first kappa shape index (κ1) is 18.6. The molecule has 1 amide bonds. The molecule has 5 nitrogen and oxygen atoms in total. The highest BCUT2D eigenvalue weighted by Crippen LogP contribution is 2.24. The lowest BCUT2D eigenvalue weighted by Gasteiger charge is -2.19. The molecule has 0 fully saturated rings. The molecule has 0 saturated heterocycles. The second kappa shape index (κ2) is 7.58. The molecule has 1 heterocycles. The van der Waals surface area contributed by atoms with E-state index < -0.39 is 0 Å². The van der Waals surface area contributed by atoms with Crippen molar-refractivity contribution >= 4 is 23.2 Å². The maximum atomic E-state index is 12.7. The molecule has 0 aliphatic heterocycles. The van der Waals surface area contributed by atoms with Crippen molar-refractivity contribution < 1.29 is 4.79 Å². The summed E-state index contributed by atoms with van der Waals surface area (Å²) in [6.45, 7) is 6.53. The third-order valence-corrected chi connectivity index (χ3v) is 4.33. The van der Waals surface area contributed by atoms with E-state index in [0.717, 1.165) is 11.4 Å². The zero-order chi connectivity index (χ0) is 19.4. The van der Waals surface area contributed by atoms with E-state index in [0.29, 0.717) is 11.6 Å². The van der Waals surface area contributed by atoms with Crippen molar-refractivity contribution in [2.75, 3.05) is 17.3 Å². The highest BCUT2D eigenvalue weighted by molar-refractivity contribution is 6.04. The van der Waals surface area contributed by atoms with Crippen LogP contribution in [0.1, 0.15) is 36.8 Å². The Bertz CT molecular complexity index is 915. The van der Waals surface area contributed by atoms with Crippen molar-refractivity contribution in [3.8, 4) is 0 Å². The van der Waals surface area contributed by atoms with Crippen LogP contribution in [0.3, 0.4) is 0 Å². The molecule has 0 aliphatic rings. The number of benzene rings is 2. The SMILES string of the molecule is CN(C(=O)c1ccnc(Nc2ccc(C(C)(C)C)cc2)n1)c1ccccc1. The zero-order valence-corrected chi connectivity index (χ0v) is 16.1. The normalized spacial score (nSPS) is 11.1. The summed E-state index contributed by atoms with van der Waals surface area (Å²) in [5, 5.41) is 3.16. The van der Waals surface area contributed by atoms with Crippen LogP contribution in [-0.4, -0.2) is 22.9 Å². The van der Waals surface area contributed by atoms with Gasteiger partial charge >= 0.3 is 0 Å². The van der Waals surface area contributed by atoms with Gasteiger partial charge in [0.05, 0.1) is 0 Å². The number of hydrogen-bond donors (Lipinski definition) is 1. The van der Waals surface area contributed by atoms with E-state index in [1.807, 2.05) is 42.5 Å². The molecule has 3 aromatic rings. The molecule has 5 heteroatoms. The lowest BCUT2D eigenvalue weighted by atomic mass is 9.87. The lowest BCUT2D eigenvalue weighted by Crippen LogP contribution is -2.27. The van der Waals surface area contributed by atoms with Crippen molar-refractivity contribution in [2.24, 2.45) is 0 Å². The number of rotatable bonds is 4. The summed E-state index contributed by atoms with van der Waals surface area (Å²) in [6.07, 6.45) is 1.59. The van der Waals surface area contributed by atoms with Crippen molar-refractivity contribution in [3.05, 3.63) is 78.1 Å². The van der Waals surface area contributed by atoms with Crippen molar-refractivity contribution in [2.45, 2.75) is 26.2 Å². The third kappa shape index (κ3) is 4.50. The number of anilines is 3. The zero-order valence-electron chi connectivity index (χ0n) is 16.1. The van der Waals surface area contributed by atoms with Gasteiger partial charge in [0.2, 0.25) is 5.95 Å². The Morgan fingerprint density at radius 1 is 0.963 bits per heavy atom. The van der Waals surface area contributed by atoms with E-state index in [2.05, 4.69) is 48.2 Å². The fourth-order valence-corrected chi connectivity index (χ4v) is 2.66. The smallest absolute Gasteiger partial charge is 0.276 e.